The van der Waals surface area contributed by atoms with E-state index in [2.05, 4.69) is 27.7 Å². The third kappa shape index (κ3) is 9.02. The van der Waals surface area contributed by atoms with Crippen molar-refractivity contribution in [1.82, 2.24) is 9.80 Å². The van der Waals surface area contributed by atoms with Gasteiger partial charge in [-0.1, -0.05) is 65.0 Å². The van der Waals surface area contributed by atoms with E-state index in [-0.39, 0.29) is 19.1 Å². The van der Waals surface area contributed by atoms with Crippen molar-refractivity contribution < 1.29 is 19.1 Å². The lowest BCUT2D eigenvalue weighted by Crippen LogP contribution is -2.57. The highest BCUT2D eigenvalue weighted by Crippen LogP contribution is 2.13. The molecule has 1 saturated heterocycles. The van der Waals surface area contributed by atoms with E-state index in [1.807, 2.05) is 37.3 Å². The van der Waals surface area contributed by atoms with Gasteiger partial charge >= 0.3 is 6.09 Å². The van der Waals surface area contributed by atoms with E-state index < -0.39 is 12.1 Å². The molecule has 0 radical (unpaired) electrons. The number of rotatable bonds is 5. The lowest BCUT2D eigenvalue weighted by molar-refractivity contribution is -0.134. The lowest BCUT2D eigenvalue weighted by Gasteiger charge is -2.38. The Morgan fingerprint density at radius 1 is 1.14 bits per heavy atom. The molecule has 1 fully saturated rings. The normalized spacial score (nSPS) is 16.7. The molecule has 1 aromatic rings. The number of benzene rings is 1. The number of piperazine rings is 1. The van der Waals surface area contributed by atoms with Crippen LogP contribution in [0, 0.1) is 5.41 Å². The van der Waals surface area contributed by atoms with Gasteiger partial charge in [0.25, 0.3) is 0 Å². The Labute approximate surface area is 168 Å². The van der Waals surface area contributed by atoms with Gasteiger partial charge in [-0.25, -0.2) is 4.79 Å². The molecule has 28 heavy (non-hydrogen) atoms. The topological polar surface area (TPSA) is 66.9 Å². The maximum atomic E-state index is 12.2. The van der Waals surface area contributed by atoms with Crippen molar-refractivity contribution in [2.45, 2.75) is 60.1 Å². The van der Waals surface area contributed by atoms with Gasteiger partial charge < -0.3 is 14.4 Å². The van der Waals surface area contributed by atoms with Gasteiger partial charge in [-0.05, 0) is 17.4 Å². The first kappa shape index (κ1) is 23.7. The SMILES string of the molecule is CC(C)(C)C.CCCC(=O)N1CCN(C(=O)OCc2ccccc2)C(C=O)C1. The quantitative estimate of drug-likeness (QED) is 0.716. The summed E-state index contributed by atoms with van der Waals surface area (Å²) in [4.78, 5) is 38.4. The Kier molecular flexibility index (Phi) is 9.69. The molecule has 2 amide bonds. The van der Waals surface area contributed by atoms with E-state index in [1.54, 1.807) is 4.90 Å². The van der Waals surface area contributed by atoms with Gasteiger partial charge in [-0.3, -0.25) is 9.69 Å². The summed E-state index contributed by atoms with van der Waals surface area (Å²) in [6.45, 7) is 11.8. The van der Waals surface area contributed by atoms with Gasteiger partial charge in [0, 0.05) is 26.1 Å². The van der Waals surface area contributed by atoms with Crippen LogP contribution >= 0.6 is 0 Å². The Balaban J connectivity index is 0.000000696. The minimum atomic E-state index is -0.646. The first-order chi connectivity index (χ1) is 13.2. The third-order valence-electron chi connectivity index (χ3n) is 3.83. The highest BCUT2D eigenvalue weighted by Gasteiger charge is 2.32. The van der Waals surface area contributed by atoms with Crippen LogP contribution in [-0.4, -0.2) is 53.8 Å². The van der Waals surface area contributed by atoms with E-state index in [1.165, 1.54) is 4.90 Å². The number of aldehydes is 1. The predicted octanol–water partition coefficient (Wildman–Crippen LogP) is 3.89. The molecule has 156 valence electrons. The first-order valence-electron chi connectivity index (χ1n) is 9.86. The second-order valence-corrected chi connectivity index (χ2v) is 8.53. The van der Waals surface area contributed by atoms with Crippen molar-refractivity contribution >= 4 is 18.3 Å². The van der Waals surface area contributed by atoms with Gasteiger partial charge in [0.1, 0.15) is 18.9 Å². The largest absolute Gasteiger partial charge is 0.445 e. The van der Waals surface area contributed by atoms with Crippen LogP contribution in [0.25, 0.3) is 0 Å². The van der Waals surface area contributed by atoms with E-state index in [0.29, 0.717) is 31.2 Å². The van der Waals surface area contributed by atoms with Crippen LogP contribution in [0.5, 0.6) is 0 Å². The van der Waals surface area contributed by atoms with Crippen LogP contribution in [0.2, 0.25) is 0 Å². The molecule has 6 nitrogen and oxygen atoms in total. The number of amides is 2. The second kappa shape index (κ2) is 11.5. The molecule has 2 rings (SSSR count). The van der Waals surface area contributed by atoms with E-state index in [0.717, 1.165) is 12.0 Å². The van der Waals surface area contributed by atoms with Crippen LogP contribution in [0.15, 0.2) is 30.3 Å². The molecule has 1 heterocycles. The molecule has 0 bridgehead atoms. The highest BCUT2D eigenvalue weighted by molar-refractivity contribution is 5.79. The molecule has 6 heteroatoms. The van der Waals surface area contributed by atoms with Crippen LogP contribution in [0.3, 0.4) is 0 Å². The predicted molar refractivity (Wildman–Crippen MR) is 110 cm³/mol. The summed E-state index contributed by atoms with van der Waals surface area (Å²) < 4.78 is 5.27. The molecule has 0 saturated carbocycles. The number of ether oxygens (including phenoxy) is 1. The summed E-state index contributed by atoms with van der Waals surface area (Å²) in [7, 11) is 0. The zero-order chi connectivity index (χ0) is 21.2. The maximum Gasteiger partial charge on any atom is 0.410 e. The highest BCUT2D eigenvalue weighted by atomic mass is 16.6. The fourth-order valence-electron chi connectivity index (χ4n) is 2.55. The summed E-state index contributed by atoms with van der Waals surface area (Å²) in [5.74, 6) is 0.0247. The second-order valence-electron chi connectivity index (χ2n) is 8.53. The first-order valence-corrected chi connectivity index (χ1v) is 9.86. The molecule has 1 aliphatic rings. The maximum absolute atomic E-state index is 12.2. The number of hydrogen-bond acceptors (Lipinski definition) is 4. The zero-order valence-corrected chi connectivity index (χ0v) is 17.8. The van der Waals surface area contributed by atoms with Gasteiger partial charge in [-0.15, -0.1) is 0 Å². The van der Waals surface area contributed by atoms with E-state index >= 15 is 0 Å². The van der Waals surface area contributed by atoms with Crippen LogP contribution in [-0.2, 0) is 20.9 Å². The molecule has 0 aliphatic carbocycles. The fraction of sp³-hybridized carbons (Fsp3) is 0.591. The van der Waals surface area contributed by atoms with Gasteiger partial charge in [0.05, 0.1) is 0 Å². The van der Waals surface area contributed by atoms with Gasteiger partial charge in [-0.2, -0.15) is 0 Å². The van der Waals surface area contributed by atoms with Crippen LogP contribution in [0.1, 0.15) is 53.0 Å². The van der Waals surface area contributed by atoms with Crippen LogP contribution in [0.4, 0.5) is 4.79 Å². The molecular weight excluding hydrogens is 356 g/mol. The molecule has 1 atom stereocenters. The van der Waals surface area contributed by atoms with Crippen molar-refractivity contribution in [3.63, 3.8) is 0 Å². The summed E-state index contributed by atoms with van der Waals surface area (Å²) in [6, 6.07) is 8.72. The Morgan fingerprint density at radius 2 is 1.75 bits per heavy atom. The fourth-order valence-corrected chi connectivity index (χ4v) is 2.55. The molecular formula is C22H34N2O4. The standard InChI is InChI=1S/C17H22N2O4.C5H12/c1-2-6-16(21)18-9-10-19(15(11-18)12-20)17(22)23-13-14-7-4-3-5-8-14;1-5(2,3)4/h3-5,7-8,12,15H,2,6,9-11,13H2,1H3;1-4H3. The van der Waals surface area contributed by atoms with E-state index in [4.69, 9.17) is 4.74 Å². The minimum absolute atomic E-state index is 0.0247. The summed E-state index contributed by atoms with van der Waals surface area (Å²) >= 11 is 0. The van der Waals surface area contributed by atoms with Crippen molar-refractivity contribution in [3.8, 4) is 0 Å². The Morgan fingerprint density at radius 3 is 2.29 bits per heavy atom. The van der Waals surface area contributed by atoms with Crippen LogP contribution < -0.4 is 0 Å². The molecule has 1 aromatic carbocycles. The summed E-state index contributed by atoms with van der Waals surface area (Å²) in [5.41, 5.74) is 1.39. The minimum Gasteiger partial charge on any atom is -0.445 e. The van der Waals surface area contributed by atoms with Crippen molar-refractivity contribution in [2.75, 3.05) is 19.6 Å². The molecule has 1 aliphatic heterocycles. The Hall–Kier alpha value is -2.37. The summed E-state index contributed by atoms with van der Waals surface area (Å²) in [5, 5.41) is 0. The average molecular weight is 391 g/mol. The molecule has 0 N–H and O–H groups in total. The lowest BCUT2D eigenvalue weighted by atomic mass is 10.0. The third-order valence-corrected chi connectivity index (χ3v) is 3.83. The zero-order valence-electron chi connectivity index (χ0n) is 17.8. The monoisotopic (exact) mass is 390 g/mol. The average Bonchev–Trinajstić information content (AvgIpc) is 2.65. The molecule has 0 spiro atoms. The number of carbonyl (C=O) groups excluding carboxylic acids is 3. The Bertz CT molecular complexity index is 619. The number of hydrogen-bond donors (Lipinski definition) is 0. The van der Waals surface area contributed by atoms with Crippen molar-refractivity contribution in [1.29, 1.82) is 0 Å². The molecule has 1 unspecified atom stereocenters. The van der Waals surface area contributed by atoms with Crippen molar-refractivity contribution in [2.24, 2.45) is 5.41 Å². The van der Waals surface area contributed by atoms with Crippen molar-refractivity contribution in [3.05, 3.63) is 35.9 Å². The smallest absolute Gasteiger partial charge is 0.410 e. The number of carbonyl (C=O) groups is 3. The van der Waals surface area contributed by atoms with Gasteiger partial charge in [0.15, 0.2) is 0 Å². The molecule has 0 aromatic heterocycles. The summed E-state index contributed by atoms with van der Waals surface area (Å²) in [6.07, 6.45) is 1.41. The number of nitrogens with zero attached hydrogens (tertiary/aromatic N) is 2. The van der Waals surface area contributed by atoms with Gasteiger partial charge in [0.2, 0.25) is 5.91 Å². The van der Waals surface area contributed by atoms with E-state index in [9.17, 15) is 14.4 Å².